The Bertz CT molecular complexity index is 409. The van der Waals surface area contributed by atoms with Crippen molar-refractivity contribution < 1.29 is 9.18 Å². The van der Waals surface area contributed by atoms with Gasteiger partial charge in [-0.05, 0) is 30.5 Å². The molecular formula is C10H8FNO. The van der Waals surface area contributed by atoms with E-state index in [2.05, 4.69) is 5.32 Å². The summed E-state index contributed by atoms with van der Waals surface area (Å²) >= 11 is 0. The molecule has 1 aromatic carbocycles. The number of fused-ring (bicyclic) bond motifs is 2. The van der Waals surface area contributed by atoms with Crippen molar-refractivity contribution in [2.24, 2.45) is 0 Å². The number of nitrogens with one attached hydrogen (secondary N) is 1. The van der Waals surface area contributed by atoms with Gasteiger partial charge in [0.2, 0.25) is 0 Å². The smallest absolute Gasteiger partial charge is 0.252 e. The predicted octanol–water partition coefficient (Wildman–Crippen LogP) is 1.56. The molecule has 13 heavy (non-hydrogen) atoms. The van der Waals surface area contributed by atoms with Crippen molar-refractivity contribution in [1.82, 2.24) is 5.32 Å². The van der Waals surface area contributed by atoms with Crippen molar-refractivity contribution in [3.63, 3.8) is 0 Å². The zero-order valence-corrected chi connectivity index (χ0v) is 6.93. The second-order valence-electron chi connectivity index (χ2n) is 3.73. The Labute approximate surface area is 74.8 Å². The van der Waals surface area contributed by atoms with Gasteiger partial charge in [-0.15, -0.1) is 0 Å². The highest BCUT2D eigenvalue weighted by Gasteiger charge is 2.51. The number of hydrogen-bond donors (Lipinski definition) is 1. The van der Waals surface area contributed by atoms with Crippen molar-refractivity contribution in [2.75, 3.05) is 0 Å². The molecule has 0 atom stereocenters. The standard InChI is InChI=1S/C10H8FNO/c11-6-1-2-8-7(5-6)9(13)12-10(8)3-4-10/h1-2,5H,3-4H2,(H,12,13). The van der Waals surface area contributed by atoms with Gasteiger partial charge in [0.15, 0.2) is 0 Å². The number of amides is 1. The van der Waals surface area contributed by atoms with Gasteiger partial charge in [-0.1, -0.05) is 6.07 Å². The fraction of sp³-hybridized carbons (Fsp3) is 0.300. The predicted molar refractivity (Wildman–Crippen MR) is 44.8 cm³/mol. The number of benzene rings is 1. The minimum Gasteiger partial charge on any atom is -0.342 e. The lowest BCUT2D eigenvalue weighted by Gasteiger charge is -2.06. The van der Waals surface area contributed by atoms with E-state index in [-0.39, 0.29) is 17.3 Å². The van der Waals surface area contributed by atoms with Crippen molar-refractivity contribution in [1.29, 1.82) is 0 Å². The molecule has 0 radical (unpaired) electrons. The van der Waals surface area contributed by atoms with Crippen LogP contribution in [0.1, 0.15) is 28.8 Å². The molecule has 3 rings (SSSR count). The first-order valence-corrected chi connectivity index (χ1v) is 4.34. The lowest BCUT2D eigenvalue weighted by Crippen LogP contribution is -2.25. The van der Waals surface area contributed by atoms with Gasteiger partial charge in [-0.25, -0.2) is 4.39 Å². The van der Waals surface area contributed by atoms with E-state index in [4.69, 9.17) is 0 Å². The van der Waals surface area contributed by atoms with Gasteiger partial charge in [-0.2, -0.15) is 0 Å². The average molecular weight is 177 g/mol. The molecule has 1 saturated carbocycles. The molecule has 66 valence electrons. The zero-order chi connectivity index (χ0) is 9.05. The molecule has 2 aliphatic rings. The molecule has 1 heterocycles. The van der Waals surface area contributed by atoms with E-state index in [1.165, 1.54) is 12.1 Å². The first-order valence-electron chi connectivity index (χ1n) is 4.34. The molecule has 1 amide bonds. The van der Waals surface area contributed by atoms with Crippen molar-refractivity contribution in [2.45, 2.75) is 18.4 Å². The molecule has 0 aromatic heterocycles. The Morgan fingerprint density at radius 1 is 1.38 bits per heavy atom. The van der Waals surface area contributed by atoms with Crippen LogP contribution in [-0.4, -0.2) is 5.91 Å². The molecule has 1 aliphatic heterocycles. The lowest BCUT2D eigenvalue weighted by molar-refractivity contribution is 0.0952. The molecule has 1 aliphatic carbocycles. The summed E-state index contributed by atoms with van der Waals surface area (Å²) in [6.07, 6.45) is 1.97. The molecule has 0 saturated heterocycles. The minimum absolute atomic E-state index is 0.125. The largest absolute Gasteiger partial charge is 0.342 e. The number of halogens is 1. The van der Waals surface area contributed by atoms with E-state index < -0.39 is 0 Å². The number of carbonyl (C=O) groups excluding carboxylic acids is 1. The third kappa shape index (κ3) is 0.789. The molecule has 2 nitrogen and oxygen atoms in total. The van der Waals surface area contributed by atoms with Gasteiger partial charge in [0.1, 0.15) is 5.82 Å². The maximum Gasteiger partial charge on any atom is 0.252 e. The summed E-state index contributed by atoms with van der Waals surface area (Å²) < 4.78 is 12.8. The maximum absolute atomic E-state index is 12.8. The fourth-order valence-corrected chi connectivity index (χ4v) is 1.99. The van der Waals surface area contributed by atoms with E-state index in [0.717, 1.165) is 18.4 Å². The fourth-order valence-electron chi connectivity index (χ4n) is 1.99. The second kappa shape index (κ2) is 1.92. The van der Waals surface area contributed by atoms with Crippen LogP contribution in [-0.2, 0) is 5.54 Å². The SMILES string of the molecule is O=C1NC2(CC2)c2ccc(F)cc21. The third-order valence-electron chi connectivity index (χ3n) is 2.84. The van der Waals surface area contributed by atoms with Crippen molar-refractivity contribution >= 4 is 5.91 Å². The monoisotopic (exact) mass is 177 g/mol. The highest BCUT2D eigenvalue weighted by atomic mass is 19.1. The highest BCUT2D eigenvalue weighted by molar-refractivity contribution is 6.00. The topological polar surface area (TPSA) is 29.1 Å². The molecular weight excluding hydrogens is 169 g/mol. The Morgan fingerprint density at radius 2 is 2.15 bits per heavy atom. The van der Waals surface area contributed by atoms with Crippen LogP contribution in [0.5, 0.6) is 0 Å². The molecule has 0 unspecified atom stereocenters. The summed E-state index contributed by atoms with van der Waals surface area (Å²) in [6.45, 7) is 0. The minimum atomic E-state index is -0.341. The number of rotatable bonds is 0. The average Bonchev–Trinajstić information content (AvgIpc) is 2.79. The maximum atomic E-state index is 12.8. The Balaban J connectivity index is 2.25. The summed E-state index contributed by atoms with van der Waals surface area (Å²) in [6, 6.07) is 4.45. The first-order chi connectivity index (χ1) is 6.21. The molecule has 0 bridgehead atoms. The molecule has 3 heteroatoms. The normalized spacial score (nSPS) is 21.5. The van der Waals surface area contributed by atoms with Crippen LogP contribution < -0.4 is 5.32 Å². The van der Waals surface area contributed by atoms with Crippen LogP contribution in [0.2, 0.25) is 0 Å². The van der Waals surface area contributed by atoms with Crippen molar-refractivity contribution in [3.8, 4) is 0 Å². The van der Waals surface area contributed by atoms with Crippen LogP contribution in [0, 0.1) is 5.82 Å². The molecule has 1 spiro atoms. The third-order valence-corrected chi connectivity index (χ3v) is 2.84. The Morgan fingerprint density at radius 3 is 2.85 bits per heavy atom. The summed E-state index contributed by atoms with van der Waals surface area (Å²) in [5.41, 5.74) is 1.36. The van der Waals surface area contributed by atoms with Crippen LogP contribution >= 0.6 is 0 Å². The quantitative estimate of drug-likeness (QED) is 0.640. The lowest BCUT2D eigenvalue weighted by atomic mass is 10.0. The van der Waals surface area contributed by atoms with E-state index >= 15 is 0 Å². The van der Waals surface area contributed by atoms with Gasteiger partial charge in [0.05, 0.1) is 5.54 Å². The van der Waals surface area contributed by atoms with Gasteiger partial charge in [-0.3, -0.25) is 4.79 Å². The van der Waals surface area contributed by atoms with Gasteiger partial charge in [0, 0.05) is 5.56 Å². The van der Waals surface area contributed by atoms with Crippen LogP contribution in [0.15, 0.2) is 18.2 Å². The van der Waals surface area contributed by atoms with E-state index in [1.54, 1.807) is 6.07 Å². The molecule has 1 aromatic rings. The van der Waals surface area contributed by atoms with Gasteiger partial charge in [0.25, 0.3) is 5.91 Å². The van der Waals surface area contributed by atoms with Crippen LogP contribution in [0.3, 0.4) is 0 Å². The Hall–Kier alpha value is -1.38. The molecule has 1 fully saturated rings. The van der Waals surface area contributed by atoms with E-state index in [9.17, 15) is 9.18 Å². The number of carbonyl (C=O) groups is 1. The first kappa shape index (κ1) is 7.06. The van der Waals surface area contributed by atoms with Crippen molar-refractivity contribution in [3.05, 3.63) is 35.1 Å². The zero-order valence-electron chi connectivity index (χ0n) is 6.93. The summed E-state index contributed by atoms with van der Waals surface area (Å²) in [7, 11) is 0. The highest BCUT2D eigenvalue weighted by Crippen LogP contribution is 2.50. The summed E-state index contributed by atoms with van der Waals surface area (Å²) in [5.74, 6) is -0.474. The summed E-state index contributed by atoms with van der Waals surface area (Å²) in [5, 5.41) is 2.89. The Kier molecular flexibility index (Phi) is 1.04. The van der Waals surface area contributed by atoms with Crippen LogP contribution in [0.25, 0.3) is 0 Å². The van der Waals surface area contributed by atoms with Crippen LogP contribution in [0.4, 0.5) is 4.39 Å². The van der Waals surface area contributed by atoms with Gasteiger partial charge < -0.3 is 5.32 Å². The van der Waals surface area contributed by atoms with Gasteiger partial charge >= 0.3 is 0 Å². The van der Waals surface area contributed by atoms with E-state index in [1.807, 2.05) is 0 Å². The summed E-state index contributed by atoms with van der Waals surface area (Å²) in [4.78, 5) is 11.4. The second-order valence-corrected chi connectivity index (χ2v) is 3.73. The molecule has 1 N–H and O–H groups in total. The number of hydrogen-bond acceptors (Lipinski definition) is 1. The van der Waals surface area contributed by atoms with E-state index in [0.29, 0.717) is 5.56 Å².